The first-order valence-corrected chi connectivity index (χ1v) is 11.4. The van der Waals surface area contributed by atoms with Crippen molar-refractivity contribution in [1.29, 1.82) is 0 Å². The minimum Gasteiger partial charge on any atom is -0.369 e. The van der Waals surface area contributed by atoms with Gasteiger partial charge in [-0.05, 0) is 68.8 Å². The van der Waals surface area contributed by atoms with Gasteiger partial charge in [0.15, 0.2) is 11.1 Å². The van der Waals surface area contributed by atoms with Crippen molar-refractivity contribution in [2.75, 3.05) is 36.8 Å². The van der Waals surface area contributed by atoms with E-state index in [0.717, 1.165) is 48.9 Å². The Bertz CT molecular complexity index is 1240. The van der Waals surface area contributed by atoms with Gasteiger partial charge in [0.2, 0.25) is 0 Å². The first kappa shape index (κ1) is 22.6. The molecule has 1 aliphatic heterocycles. The van der Waals surface area contributed by atoms with Crippen LogP contribution in [0.1, 0.15) is 18.4 Å². The summed E-state index contributed by atoms with van der Waals surface area (Å²) in [5.41, 5.74) is 3.09. The quantitative estimate of drug-likeness (QED) is 0.464. The lowest BCUT2D eigenvalue weighted by atomic mass is 10.1. The van der Waals surface area contributed by atoms with Crippen molar-refractivity contribution in [3.05, 3.63) is 95.3 Å². The van der Waals surface area contributed by atoms with E-state index < -0.39 is 0 Å². The molecule has 0 amide bonds. The molecule has 33 heavy (non-hydrogen) atoms. The summed E-state index contributed by atoms with van der Waals surface area (Å²) in [7, 11) is 0. The summed E-state index contributed by atoms with van der Waals surface area (Å²) < 4.78 is 1.98. The summed E-state index contributed by atoms with van der Waals surface area (Å²) in [6, 6.07) is 13.5. The van der Waals surface area contributed by atoms with Crippen LogP contribution in [0.4, 0.5) is 11.6 Å². The van der Waals surface area contributed by atoms with Gasteiger partial charge in [-0.1, -0.05) is 37.4 Å². The minimum absolute atomic E-state index is 0.0738. The lowest BCUT2D eigenvalue weighted by Crippen LogP contribution is -2.26. The third-order valence-corrected chi connectivity index (χ3v) is 5.90. The number of aromatic nitrogens is 2. The lowest BCUT2D eigenvalue weighted by Gasteiger charge is -2.20. The fourth-order valence-electron chi connectivity index (χ4n) is 4.30. The van der Waals surface area contributed by atoms with Crippen molar-refractivity contribution in [1.82, 2.24) is 14.5 Å². The molecular formula is C27H31N5O. The zero-order valence-electron chi connectivity index (χ0n) is 19.2. The van der Waals surface area contributed by atoms with E-state index in [0.29, 0.717) is 16.9 Å². The molecule has 1 aliphatic rings. The topological polar surface area (TPSA) is 62.2 Å². The van der Waals surface area contributed by atoms with Gasteiger partial charge in [-0.2, -0.15) is 0 Å². The van der Waals surface area contributed by atoms with E-state index in [4.69, 9.17) is 4.98 Å². The normalized spacial score (nSPS) is 14.4. The van der Waals surface area contributed by atoms with E-state index in [9.17, 15) is 4.79 Å². The Morgan fingerprint density at radius 2 is 1.91 bits per heavy atom. The number of nitrogens with one attached hydrogen (secondary N) is 2. The van der Waals surface area contributed by atoms with Gasteiger partial charge < -0.3 is 15.5 Å². The summed E-state index contributed by atoms with van der Waals surface area (Å²) in [5, 5.41) is 7.39. The summed E-state index contributed by atoms with van der Waals surface area (Å²) in [4.78, 5) is 20.5. The predicted octanol–water partition coefficient (Wildman–Crippen LogP) is 4.87. The number of fused-ring (bicyclic) bond motifs is 1. The second-order valence-electron chi connectivity index (χ2n) is 8.25. The second kappa shape index (κ2) is 10.3. The molecule has 0 unspecified atom stereocenters. The number of likely N-dealkylation sites (tertiary alicyclic amines) is 1. The van der Waals surface area contributed by atoms with Crippen molar-refractivity contribution in [3.8, 4) is 5.69 Å². The molecule has 0 atom stereocenters. The van der Waals surface area contributed by atoms with Crippen molar-refractivity contribution < 1.29 is 0 Å². The monoisotopic (exact) mass is 441 g/mol. The van der Waals surface area contributed by atoms with Crippen LogP contribution in [0.15, 0.2) is 84.3 Å². The molecule has 2 aromatic heterocycles. The third kappa shape index (κ3) is 5.07. The molecule has 0 radical (unpaired) electrons. The molecule has 4 rings (SSSR count). The number of benzene rings is 1. The molecule has 0 bridgehead atoms. The van der Waals surface area contributed by atoms with Crippen LogP contribution in [0, 0.1) is 6.92 Å². The Hall–Kier alpha value is -3.64. The van der Waals surface area contributed by atoms with Crippen LogP contribution in [0.25, 0.3) is 16.7 Å². The van der Waals surface area contributed by atoms with Gasteiger partial charge in [0.1, 0.15) is 11.6 Å². The van der Waals surface area contributed by atoms with Crippen molar-refractivity contribution in [2.45, 2.75) is 19.8 Å². The van der Waals surface area contributed by atoms with E-state index in [-0.39, 0.29) is 5.43 Å². The highest BCUT2D eigenvalue weighted by molar-refractivity contribution is 5.85. The van der Waals surface area contributed by atoms with Crippen molar-refractivity contribution >= 4 is 22.7 Å². The van der Waals surface area contributed by atoms with Gasteiger partial charge in [-0.3, -0.25) is 9.36 Å². The largest absolute Gasteiger partial charge is 0.369 e. The SMILES string of the molecule is C=C/C=C(\C=C)Nc1cc(=O)c2c(C)cc(NCCN3CCCC3)nc2n1-c1ccccc1. The standard InChI is InChI=1S/C27H31N5O/c1-4-11-21(5-2)29-25-19-23(33)26-20(3)18-24(28-14-17-31-15-9-10-16-31)30-27(26)32(25)22-12-7-6-8-13-22/h4-8,11-13,18-19,29H,1-2,9-10,14-17H2,3H3,(H,28,30)/b21-11+. The molecule has 3 aromatic rings. The van der Waals surface area contributed by atoms with Gasteiger partial charge >= 0.3 is 0 Å². The minimum atomic E-state index is -0.0738. The van der Waals surface area contributed by atoms with Crippen LogP contribution in [0.3, 0.4) is 0 Å². The molecule has 0 aliphatic carbocycles. The number of para-hydroxylation sites is 1. The lowest BCUT2D eigenvalue weighted by molar-refractivity contribution is 0.352. The van der Waals surface area contributed by atoms with E-state index >= 15 is 0 Å². The highest BCUT2D eigenvalue weighted by atomic mass is 16.1. The number of hydrogen-bond acceptors (Lipinski definition) is 5. The van der Waals surface area contributed by atoms with E-state index in [2.05, 4.69) is 28.7 Å². The average Bonchev–Trinajstić information content (AvgIpc) is 3.32. The van der Waals surface area contributed by atoms with Gasteiger partial charge in [0.25, 0.3) is 0 Å². The molecule has 1 saturated heterocycles. The fourth-order valence-corrected chi connectivity index (χ4v) is 4.30. The summed E-state index contributed by atoms with van der Waals surface area (Å²) in [5.74, 6) is 1.39. The maximum Gasteiger partial charge on any atom is 0.193 e. The zero-order chi connectivity index (χ0) is 23.2. The zero-order valence-corrected chi connectivity index (χ0v) is 19.2. The molecular weight excluding hydrogens is 410 g/mol. The Kier molecular flexibility index (Phi) is 7.05. The van der Waals surface area contributed by atoms with Crippen molar-refractivity contribution in [2.24, 2.45) is 0 Å². The van der Waals surface area contributed by atoms with Gasteiger partial charge in [-0.15, -0.1) is 0 Å². The maximum atomic E-state index is 13.1. The van der Waals surface area contributed by atoms with Gasteiger partial charge in [0, 0.05) is 30.5 Å². The van der Waals surface area contributed by atoms with Crippen molar-refractivity contribution in [3.63, 3.8) is 0 Å². The fraction of sp³-hybridized carbons (Fsp3) is 0.259. The average molecular weight is 442 g/mol. The molecule has 1 aromatic carbocycles. The Morgan fingerprint density at radius 3 is 2.61 bits per heavy atom. The summed E-state index contributed by atoms with van der Waals surface area (Å²) >= 11 is 0. The number of allylic oxidation sites excluding steroid dienone is 3. The Balaban J connectivity index is 1.81. The van der Waals surface area contributed by atoms with Gasteiger partial charge in [-0.25, -0.2) is 4.98 Å². The van der Waals surface area contributed by atoms with Crippen LogP contribution >= 0.6 is 0 Å². The molecule has 2 N–H and O–H groups in total. The van der Waals surface area contributed by atoms with Crippen LogP contribution in [-0.2, 0) is 0 Å². The first-order chi connectivity index (χ1) is 16.1. The summed E-state index contributed by atoms with van der Waals surface area (Å²) in [6.45, 7) is 13.7. The number of anilines is 2. The van der Waals surface area contributed by atoms with Crippen LogP contribution in [-0.4, -0.2) is 40.6 Å². The highest BCUT2D eigenvalue weighted by Gasteiger charge is 2.16. The first-order valence-electron chi connectivity index (χ1n) is 11.4. The number of pyridine rings is 2. The molecule has 6 nitrogen and oxygen atoms in total. The smallest absolute Gasteiger partial charge is 0.193 e. The van der Waals surface area contributed by atoms with Gasteiger partial charge in [0.05, 0.1) is 5.39 Å². The molecule has 0 saturated carbocycles. The second-order valence-corrected chi connectivity index (χ2v) is 8.25. The van der Waals surface area contributed by atoms with E-state index in [1.54, 1.807) is 18.2 Å². The highest BCUT2D eigenvalue weighted by Crippen LogP contribution is 2.26. The maximum absolute atomic E-state index is 13.1. The van der Waals surface area contributed by atoms with Crippen LogP contribution < -0.4 is 16.1 Å². The van der Waals surface area contributed by atoms with E-state index in [1.165, 1.54) is 12.8 Å². The molecule has 6 heteroatoms. The molecule has 3 heterocycles. The van der Waals surface area contributed by atoms with Crippen LogP contribution in [0.2, 0.25) is 0 Å². The molecule has 170 valence electrons. The number of aryl methyl sites for hydroxylation is 1. The van der Waals surface area contributed by atoms with Crippen LogP contribution in [0.5, 0.6) is 0 Å². The number of rotatable bonds is 9. The molecule has 0 spiro atoms. The number of hydrogen-bond donors (Lipinski definition) is 2. The predicted molar refractivity (Wildman–Crippen MR) is 138 cm³/mol. The third-order valence-electron chi connectivity index (χ3n) is 5.90. The molecule has 1 fully saturated rings. The van der Waals surface area contributed by atoms with E-state index in [1.807, 2.05) is 54.0 Å². The summed E-state index contributed by atoms with van der Waals surface area (Å²) in [6.07, 6.45) is 7.74. The Labute approximate surface area is 195 Å². The Morgan fingerprint density at radius 1 is 1.15 bits per heavy atom. The number of nitrogens with zero attached hydrogens (tertiary/aromatic N) is 3.